The zero-order chi connectivity index (χ0) is 15.7. The van der Waals surface area contributed by atoms with Crippen molar-refractivity contribution < 1.29 is 28.0 Å². The van der Waals surface area contributed by atoms with E-state index in [1.807, 2.05) is 25.6 Å². The summed E-state index contributed by atoms with van der Waals surface area (Å²) in [5.74, 6) is 0. The Hall–Kier alpha value is 0.863. The van der Waals surface area contributed by atoms with E-state index in [2.05, 4.69) is 45.7 Å². The summed E-state index contributed by atoms with van der Waals surface area (Å²) in [6, 6.07) is 0. The molecule has 0 N–H and O–H groups in total. The van der Waals surface area contributed by atoms with Crippen molar-refractivity contribution in [1.82, 2.24) is 4.90 Å². The number of thioether (sulfide) groups is 1. The standard InChI is InChI=1S/C13H27NS.C2H6.AtF/c1-6-9-10-14(5)11-13(8-3)15-12(4)7-2;2*1-2/h7,13H,6,8-11H2,1-5H3;1-2H3;/b12-7-;;. The summed E-state index contributed by atoms with van der Waals surface area (Å²) in [5.41, 5.74) is 0. The Bertz CT molecular complexity index is 189. The number of hydrogen-bond acceptors (Lipinski definition) is 2. The fourth-order valence-electron chi connectivity index (χ4n) is 1.45. The zero-order valence-electron chi connectivity index (χ0n) is 13.8. The molecule has 0 saturated heterocycles. The molecule has 0 aliphatic carbocycles. The van der Waals surface area contributed by atoms with Gasteiger partial charge in [0.2, 0.25) is 0 Å². The van der Waals surface area contributed by atoms with Gasteiger partial charge in [0.15, 0.2) is 0 Å². The Balaban J connectivity index is -0.000000579. The normalized spacial score (nSPS) is 12.2. The molecule has 1 unspecified atom stereocenters. The molecule has 0 spiro atoms. The van der Waals surface area contributed by atoms with Gasteiger partial charge in [-0.3, -0.25) is 0 Å². The summed E-state index contributed by atoms with van der Waals surface area (Å²) in [6.45, 7) is 15.3. The third kappa shape index (κ3) is 18.9. The number of unbranched alkanes of at least 4 members (excludes halogenated alkanes) is 1. The molecule has 0 aliphatic rings. The van der Waals surface area contributed by atoms with E-state index in [-0.39, 0.29) is 25.3 Å². The van der Waals surface area contributed by atoms with Gasteiger partial charge in [-0.1, -0.05) is 40.2 Å². The fourth-order valence-corrected chi connectivity index (χ4v) is 2.61. The van der Waals surface area contributed by atoms with Crippen LogP contribution in [0.15, 0.2) is 11.0 Å². The molecule has 4 heteroatoms. The quantitative estimate of drug-likeness (QED) is 0.438. The monoisotopic (exact) mass is 488 g/mol. The molecular weight excluding hydrogens is 455 g/mol. The first-order chi connectivity index (χ1) is 9.13. The van der Waals surface area contributed by atoms with Crippen LogP contribution in [0, 0.1) is 25.3 Å². The predicted octanol–water partition coefficient (Wildman–Crippen LogP) is 5.60. The SMILES string of the molecule is C/C=C(/C)SC(CC)CN(C)CCCC.CC.F[At]. The third-order valence-corrected chi connectivity index (χ3v) is 4.05. The van der Waals surface area contributed by atoms with Crippen molar-refractivity contribution in [2.24, 2.45) is 0 Å². The molecule has 118 valence electrons. The van der Waals surface area contributed by atoms with Crippen molar-refractivity contribution in [2.45, 2.75) is 66.1 Å². The van der Waals surface area contributed by atoms with Gasteiger partial charge in [0.05, 0.1) is 0 Å². The van der Waals surface area contributed by atoms with Crippen molar-refractivity contribution in [3.63, 3.8) is 0 Å². The molecule has 0 radical (unpaired) electrons. The van der Waals surface area contributed by atoms with Gasteiger partial charge in [-0.2, -0.15) is 0 Å². The van der Waals surface area contributed by atoms with E-state index in [1.54, 1.807) is 0 Å². The van der Waals surface area contributed by atoms with Crippen LogP contribution in [-0.2, 0) is 0 Å². The third-order valence-electron chi connectivity index (χ3n) is 2.62. The minimum atomic E-state index is 0.222. The molecule has 1 atom stereocenters. The second kappa shape index (κ2) is 21.2. The predicted molar refractivity (Wildman–Crippen MR) is 86.0 cm³/mol. The number of halogens is 1. The minimum absolute atomic E-state index is 0.222. The maximum absolute atomic E-state index is 9.56. The molecule has 0 amide bonds. The number of hydrogen-bond donors (Lipinski definition) is 0. The molecule has 0 saturated carbocycles. The van der Waals surface area contributed by atoms with E-state index in [4.69, 9.17) is 0 Å². The average molecular weight is 489 g/mol. The van der Waals surface area contributed by atoms with Crippen LogP contribution in [0.5, 0.6) is 0 Å². The van der Waals surface area contributed by atoms with Crippen LogP contribution in [0.25, 0.3) is 0 Å². The van der Waals surface area contributed by atoms with E-state index >= 15 is 0 Å². The maximum atomic E-state index is 9.56. The van der Waals surface area contributed by atoms with Crippen LogP contribution >= 0.6 is 11.8 Å². The average Bonchev–Trinajstić information content (AvgIpc) is 2.48. The van der Waals surface area contributed by atoms with Crippen LogP contribution in [0.1, 0.15) is 60.8 Å². The molecule has 0 aromatic carbocycles. The summed E-state index contributed by atoms with van der Waals surface area (Å²) in [4.78, 5) is 3.92. The van der Waals surface area contributed by atoms with Crippen LogP contribution < -0.4 is 0 Å². The van der Waals surface area contributed by atoms with Gasteiger partial charge in [-0.25, -0.2) is 0 Å². The second-order valence-corrected chi connectivity index (χ2v) is 5.71. The van der Waals surface area contributed by atoms with Crippen molar-refractivity contribution in [1.29, 1.82) is 0 Å². The molecule has 0 aliphatic heterocycles. The molecule has 1 nitrogen and oxygen atoms in total. The molecule has 0 fully saturated rings. The van der Waals surface area contributed by atoms with Crippen molar-refractivity contribution >= 4 is 11.8 Å². The fraction of sp³-hybridized carbons (Fsp3) is 0.867. The summed E-state index contributed by atoms with van der Waals surface area (Å²) in [6.07, 6.45) is 6.08. The van der Waals surface area contributed by atoms with Gasteiger partial charge in [-0.05, 0) is 45.2 Å². The molecule has 0 rings (SSSR count). The Morgan fingerprint density at radius 3 is 2.21 bits per heavy atom. The second-order valence-electron chi connectivity index (χ2n) is 4.16. The molecule has 0 aromatic heterocycles. The van der Waals surface area contributed by atoms with Crippen molar-refractivity contribution in [3.8, 4) is 0 Å². The van der Waals surface area contributed by atoms with E-state index in [0.29, 0.717) is 0 Å². The van der Waals surface area contributed by atoms with Crippen molar-refractivity contribution in [2.75, 3.05) is 20.1 Å². The summed E-state index contributed by atoms with van der Waals surface area (Å²) < 4.78 is 9.56. The Labute approximate surface area is 141 Å². The van der Waals surface area contributed by atoms with Crippen molar-refractivity contribution in [3.05, 3.63) is 11.0 Å². The number of allylic oxidation sites excluding steroid dienone is 2. The van der Waals surface area contributed by atoms with Crippen LogP contribution in [0.2, 0.25) is 0 Å². The van der Waals surface area contributed by atoms with Gasteiger partial charge in [0, 0.05) is 11.8 Å². The summed E-state index contributed by atoms with van der Waals surface area (Å²) in [7, 11) is 2.24. The first-order valence-corrected chi connectivity index (χ1v) is 9.25. The van der Waals surface area contributed by atoms with Gasteiger partial charge in [0.1, 0.15) is 0 Å². The Morgan fingerprint density at radius 2 is 1.84 bits per heavy atom. The summed E-state index contributed by atoms with van der Waals surface area (Å²) in [5, 5.41) is 0.753. The van der Waals surface area contributed by atoms with Gasteiger partial charge >= 0.3 is 28.0 Å². The Morgan fingerprint density at radius 1 is 1.32 bits per heavy atom. The number of rotatable bonds is 8. The zero-order valence-corrected chi connectivity index (χ0v) is 17.6. The van der Waals surface area contributed by atoms with E-state index < -0.39 is 0 Å². The molecule has 19 heavy (non-hydrogen) atoms. The van der Waals surface area contributed by atoms with E-state index in [9.17, 15) is 2.63 Å². The topological polar surface area (TPSA) is 3.24 Å². The van der Waals surface area contributed by atoms with Gasteiger partial charge in [0.25, 0.3) is 0 Å². The molecule has 0 bridgehead atoms. The van der Waals surface area contributed by atoms with E-state index in [0.717, 1.165) is 5.25 Å². The van der Waals surface area contributed by atoms with Gasteiger partial charge < -0.3 is 4.90 Å². The molecule has 0 aromatic rings. The van der Waals surface area contributed by atoms with Gasteiger partial charge in [-0.15, -0.1) is 11.8 Å². The molecule has 0 heterocycles. The molecular formula is C15H33AtFNS. The van der Waals surface area contributed by atoms with E-state index in [1.165, 1.54) is 37.3 Å². The number of nitrogens with zero attached hydrogens (tertiary/aromatic N) is 1. The first-order valence-electron chi connectivity index (χ1n) is 7.26. The van der Waals surface area contributed by atoms with Crippen LogP contribution in [-0.4, -0.2) is 30.3 Å². The Kier molecular flexibility index (Phi) is 27.7. The van der Waals surface area contributed by atoms with Crippen LogP contribution in [0.4, 0.5) is 2.63 Å². The summed E-state index contributed by atoms with van der Waals surface area (Å²) >= 11 is 2.25. The first kappa shape index (κ1) is 24.9. The van der Waals surface area contributed by atoms with Crippen LogP contribution in [0.3, 0.4) is 0 Å².